The fourth-order valence-electron chi connectivity index (χ4n) is 4.45. The number of esters is 1. The smallest absolute Gasteiger partial charge is 0.343 e. The standard InChI is InChI=1S/C32H30O7/c1-17(2)11-13-21-23(34)15-24-29(30(21)35)31(36)28-22(14-12-18(3)4)27(19(5)33)25(16-26(28)38-24)39-32(37)20-9-7-6-8-10-20/h6-12,15-16,34-35H,13-14H2,1-5H3. The quantitative estimate of drug-likeness (QED) is 0.0895. The number of ether oxygens (including phenoxy) is 1. The number of hydrogen-bond donors (Lipinski definition) is 2. The first-order valence-corrected chi connectivity index (χ1v) is 12.5. The van der Waals surface area contributed by atoms with E-state index in [9.17, 15) is 24.6 Å². The molecule has 2 N–H and O–H groups in total. The highest BCUT2D eigenvalue weighted by Crippen LogP contribution is 2.39. The maximum absolute atomic E-state index is 13.9. The van der Waals surface area contributed by atoms with Crippen molar-refractivity contribution in [3.05, 3.63) is 98.2 Å². The molecule has 0 amide bonds. The van der Waals surface area contributed by atoms with Crippen LogP contribution >= 0.6 is 0 Å². The van der Waals surface area contributed by atoms with E-state index in [1.165, 1.54) is 19.1 Å². The second-order valence-corrected chi connectivity index (χ2v) is 9.91. The number of carbonyl (C=O) groups excluding carboxylic acids is 2. The zero-order chi connectivity index (χ0) is 28.4. The predicted molar refractivity (Wildman–Crippen MR) is 151 cm³/mol. The van der Waals surface area contributed by atoms with Crippen molar-refractivity contribution in [1.29, 1.82) is 0 Å². The van der Waals surface area contributed by atoms with Gasteiger partial charge in [0.2, 0.25) is 5.43 Å². The maximum atomic E-state index is 13.9. The Labute approximate surface area is 225 Å². The Morgan fingerprint density at radius 1 is 0.846 bits per heavy atom. The van der Waals surface area contributed by atoms with Crippen LogP contribution in [-0.2, 0) is 12.8 Å². The normalized spacial score (nSPS) is 10.9. The Kier molecular flexibility index (Phi) is 7.72. The molecule has 39 heavy (non-hydrogen) atoms. The molecule has 0 fully saturated rings. The summed E-state index contributed by atoms with van der Waals surface area (Å²) in [4.78, 5) is 39.8. The molecule has 0 bridgehead atoms. The van der Waals surface area contributed by atoms with Crippen LogP contribution in [0.2, 0.25) is 0 Å². The van der Waals surface area contributed by atoms with Gasteiger partial charge in [0, 0.05) is 17.7 Å². The highest BCUT2D eigenvalue weighted by Gasteiger charge is 2.26. The van der Waals surface area contributed by atoms with E-state index in [-0.39, 0.29) is 68.7 Å². The summed E-state index contributed by atoms with van der Waals surface area (Å²) in [6.45, 7) is 8.88. The number of allylic oxidation sites excluding steroid dienone is 4. The monoisotopic (exact) mass is 526 g/mol. The van der Waals surface area contributed by atoms with Crippen molar-refractivity contribution < 1.29 is 29.0 Å². The molecule has 7 nitrogen and oxygen atoms in total. The van der Waals surface area contributed by atoms with Crippen molar-refractivity contribution >= 4 is 33.7 Å². The van der Waals surface area contributed by atoms with Crippen molar-refractivity contribution in [2.75, 3.05) is 0 Å². The topological polar surface area (TPSA) is 114 Å². The molecule has 0 atom stereocenters. The lowest BCUT2D eigenvalue weighted by molar-refractivity contribution is 0.0733. The minimum atomic E-state index is -0.673. The van der Waals surface area contributed by atoms with Gasteiger partial charge in [0.25, 0.3) is 0 Å². The van der Waals surface area contributed by atoms with E-state index in [4.69, 9.17) is 9.15 Å². The van der Waals surface area contributed by atoms with Crippen LogP contribution in [0.15, 0.2) is 75.0 Å². The molecule has 0 aliphatic carbocycles. The van der Waals surface area contributed by atoms with Crippen molar-refractivity contribution in [3.63, 3.8) is 0 Å². The van der Waals surface area contributed by atoms with E-state index >= 15 is 0 Å². The number of hydrogen-bond acceptors (Lipinski definition) is 7. The molecule has 7 heteroatoms. The third kappa shape index (κ3) is 5.48. The molecule has 0 spiro atoms. The highest BCUT2D eigenvalue weighted by atomic mass is 16.5. The van der Waals surface area contributed by atoms with Gasteiger partial charge in [0.15, 0.2) is 5.78 Å². The highest BCUT2D eigenvalue weighted by molar-refractivity contribution is 6.06. The van der Waals surface area contributed by atoms with E-state index in [0.29, 0.717) is 5.56 Å². The molecule has 0 saturated carbocycles. The summed E-state index contributed by atoms with van der Waals surface area (Å²) in [5, 5.41) is 21.7. The van der Waals surface area contributed by atoms with Crippen LogP contribution in [0.4, 0.5) is 0 Å². The molecular weight excluding hydrogens is 496 g/mol. The fraction of sp³-hybridized carbons (Fsp3) is 0.219. The summed E-state index contributed by atoms with van der Waals surface area (Å²) in [6.07, 6.45) is 4.07. The van der Waals surface area contributed by atoms with Gasteiger partial charge in [-0.15, -0.1) is 0 Å². The molecular formula is C32H30O7. The molecule has 1 heterocycles. The number of phenols is 2. The van der Waals surface area contributed by atoms with E-state index < -0.39 is 17.2 Å². The molecule has 4 aromatic rings. The van der Waals surface area contributed by atoms with Crippen molar-refractivity contribution in [3.8, 4) is 17.2 Å². The van der Waals surface area contributed by atoms with Gasteiger partial charge in [0.05, 0.1) is 16.5 Å². The first-order valence-electron chi connectivity index (χ1n) is 12.5. The lowest BCUT2D eigenvalue weighted by Gasteiger charge is -2.16. The zero-order valence-corrected chi connectivity index (χ0v) is 22.5. The summed E-state index contributed by atoms with van der Waals surface area (Å²) < 4.78 is 11.7. The Morgan fingerprint density at radius 3 is 2.03 bits per heavy atom. The van der Waals surface area contributed by atoms with Gasteiger partial charge in [0.1, 0.15) is 33.8 Å². The van der Waals surface area contributed by atoms with Gasteiger partial charge >= 0.3 is 5.97 Å². The van der Waals surface area contributed by atoms with Crippen molar-refractivity contribution in [2.45, 2.75) is 47.5 Å². The molecule has 0 unspecified atom stereocenters. The fourth-order valence-corrected chi connectivity index (χ4v) is 4.45. The number of phenolic OH excluding ortho intramolecular Hbond substituents is 2. The van der Waals surface area contributed by atoms with Crippen LogP contribution in [0.5, 0.6) is 17.2 Å². The lowest BCUT2D eigenvalue weighted by atomic mass is 9.93. The molecule has 1 aromatic heterocycles. The second-order valence-electron chi connectivity index (χ2n) is 9.91. The van der Waals surface area contributed by atoms with E-state index in [1.807, 2.05) is 39.8 Å². The van der Waals surface area contributed by atoms with Crippen LogP contribution in [-0.4, -0.2) is 22.0 Å². The van der Waals surface area contributed by atoms with E-state index in [2.05, 4.69) is 0 Å². The van der Waals surface area contributed by atoms with Crippen LogP contribution < -0.4 is 10.2 Å². The van der Waals surface area contributed by atoms with Gasteiger partial charge in [-0.25, -0.2) is 4.79 Å². The van der Waals surface area contributed by atoms with Crippen molar-refractivity contribution in [1.82, 2.24) is 0 Å². The number of Topliss-reactive ketones (excluding diaryl/α,β-unsaturated/α-hetero) is 1. The summed E-state index contributed by atoms with van der Waals surface area (Å²) in [7, 11) is 0. The SMILES string of the molecule is CC(=O)c1c(OC(=O)c2ccccc2)cc2oc3cc(O)c(CC=C(C)C)c(O)c3c(=O)c2c1CC=C(C)C. The largest absolute Gasteiger partial charge is 0.507 e. The average molecular weight is 527 g/mol. The molecule has 0 aliphatic heterocycles. The molecule has 0 saturated heterocycles. The Bertz CT molecular complexity index is 1730. The molecule has 3 aromatic carbocycles. The van der Waals surface area contributed by atoms with Crippen molar-refractivity contribution in [2.24, 2.45) is 0 Å². The minimum Gasteiger partial charge on any atom is -0.507 e. The summed E-state index contributed by atoms with van der Waals surface area (Å²) in [5.41, 5.74) is 2.29. The summed E-state index contributed by atoms with van der Waals surface area (Å²) in [6, 6.07) is 11.0. The number of rotatable bonds is 7. The number of aromatic hydroxyl groups is 2. The summed E-state index contributed by atoms with van der Waals surface area (Å²) >= 11 is 0. The first-order chi connectivity index (χ1) is 18.5. The van der Waals surface area contributed by atoms with Gasteiger partial charge in [-0.1, -0.05) is 41.5 Å². The molecule has 0 radical (unpaired) electrons. The first kappa shape index (κ1) is 27.4. The summed E-state index contributed by atoms with van der Waals surface area (Å²) in [5.74, 6) is -1.72. The maximum Gasteiger partial charge on any atom is 0.343 e. The predicted octanol–water partition coefficient (Wildman–Crippen LogP) is 6.80. The number of ketones is 1. The number of carbonyl (C=O) groups is 2. The number of benzene rings is 3. The zero-order valence-electron chi connectivity index (χ0n) is 22.5. The Balaban J connectivity index is 2.07. The minimum absolute atomic E-state index is 0.0347. The van der Waals surface area contributed by atoms with Gasteiger partial charge in [-0.2, -0.15) is 0 Å². The van der Waals surface area contributed by atoms with Crippen LogP contribution in [0.25, 0.3) is 21.9 Å². The van der Waals surface area contributed by atoms with Crippen LogP contribution in [0.3, 0.4) is 0 Å². The second kappa shape index (κ2) is 11.0. The van der Waals surface area contributed by atoms with Gasteiger partial charge < -0.3 is 19.4 Å². The van der Waals surface area contributed by atoms with Gasteiger partial charge in [-0.05, 0) is 65.2 Å². The lowest BCUT2D eigenvalue weighted by Crippen LogP contribution is -2.15. The van der Waals surface area contributed by atoms with Crippen LogP contribution in [0.1, 0.15) is 66.5 Å². The van der Waals surface area contributed by atoms with E-state index in [0.717, 1.165) is 11.1 Å². The number of fused-ring (bicyclic) bond motifs is 2. The van der Waals surface area contributed by atoms with E-state index in [1.54, 1.807) is 30.3 Å². The van der Waals surface area contributed by atoms with Gasteiger partial charge in [-0.3, -0.25) is 9.59 Å². The Hall–Kier alpha value is -4.65. The average Bonchev–Trinajstić information content (AvgIpc) is 2.86. The molecule has 4 rings (SSSR count). The Morgan fingerprint density at radius 2 is 1.44 bits per heavy atom. The van der Waals surface area contributed by atoms with Crippen LogP contribution in [0, 0.1) is 0 Å². The third-order valence-electron chi connectivity index (χ3n) is 6.37. The molecule has 200 valence electrons. The third-order valence-corrected chi connectivity index (χ3v) is 6.37. The molecule has 0 aliphatic rings.